The van der Waals surface area contributed by atoms with Crippen molar-refractivity contribution in [2.45, 2.75) is 77.7 Å². The Morgan fingerprint density at radius 3 is 2.41 bits per heavy atom. The van der Waals surface area contributed by atoms with Crippen LogP contribution in [0.5, 0.6) is 5.75 Å². The number of carbonyl (C=O) groups is 2. The Balaban J connectivity index is 1.86. The summed E-state index contributed by atoms with van der Waals surface area (Å²) in [5.74, 6) is 0.700. The highest BCUT2D eigenvalue weighted by molar-refractivity contribution is 6.74. The second-order valence-corrected chi connectivity index (χ2v) is 15.7. The second kappa shape index (κ2) is 8.43. The van der Waals surface area contributed by atoms with Gasteiger partial charge in [-0.3, -0.25) is 4.79 Å². The van der Waals surface area contributed by atoms with Crippen molar-refractivity contribution in [3.63, 3.8) is 0 Å². The van der Waals surface area contributed by atoms with E-state index in [0.29, 0.717) is 13.0 Å². The summed E-state index contributed by atoms with van der Waals surface area (Å²) >= 11 is 0. The topological polar surface area (TPSA) is 67.9 Å². The average Bonchev–Trinajstić information content (AvgIpc) is 2.98. The van der Waals surface area contributed by atoms with Crippen molar-refractivity contribution in [1.29, 1.82) is 0 Å². The molecule has 1 aliphatic heterocycles. The molecule has 1 saturated heterocycles. The number of benzene rings is 2. The predicted molar refractivity (Wildman–Crippen MR) is 132 cm³/mol. The van der Waals surface area contributed by atoms with E-state index >= 15 is 0 Å². The first kappa shape index (κ1) is 24.1. The van der Waals surface area contributed by atoms with Crippen LogP contribution in [0.1, 0.15) is 48.0 Å². The Bertz CT molecular complexity index is 1020. The molecule has 0 spiro atoms. The van der Waals surface area contributed by atoms with Crippen LogP contribution >= 0.6 is 0 Å². The summed E-state index contributed by atoms with van der Waals surface area (Å²) in [4.78, 5) is 27.0. The number of nitrogens with one attached hydrogen (secondary N) is 1. The van der Waals surface area contributed by atoms with Gasteiger partial charge in [-0.05, 0) is 68.9 Å². The number of alkyl carbamates (subject to hydrolysis) is 1. The van der Waals surface area contributed by atoms with Gasteiger partial charge in [-0.1, -0.05) is 39.0 Å². The maximum Gasteiger partial charge on any atom is 0.408 e. The Labute approximate surface area is 192 Å². The van der Waals surface area contributed by atoms with E-state index in [1.807, 2.05) is 36.4 Å². The SMILES string of the molecule is CC(C)(C)OC(=O)N[C@@H]1CCN(c2cccc3ccc(O[Si](C)(C)C(C)(C)C)cc23)C1=O. The molecule has 2 aromatic rings. The largest absolute Gasteiger partial charge is 0.543 e. The zero-order chi connectivity index (χ0) is 23.9. The molecule has 32 heavy (non-hydrogen) atoms. The van der Waals surface area contributed by atoms with Crippen LogP contribution in [0.2, 0.25) is 18.1 Å². The molecular formula is C25H36N2O4Si. The molecule has 2 amide bonds. The zero-order valence-corrected chi connectivity index (χ0v) is 21.5. The lowest BCUT2D eigenvalue weighted by atomic mass is 10.1. The van der Waals surface area contributed by atoms with Crippen LogP contribution in [0.4, 0.5) is 10.5 Å². The third-order valence-electron chi connectivity index (χ3n) is 6.20. The smallest absolute Gasteiger partial charge is 0.408 e. The van der Waals surface area contributed by atoms with E-state index in [1.165, 1.54) is 0 Å². The van der Waals surface area contributed by atoms with E-state index in [4.69, 9.17) is 9.16 Å². The second-order valence-electron chi connectivity index (χ2n) is 11.0. The number of ether oxygens (including phenoxy) is 1. The Hall–Kier alpha value is -2.54. The summed E-state index contributed by atoms with van der Waals surface area (Å²) in [5.41, 5.74) is 0.225. The summed E-state index contributed by atoms with van der Waals surface area (Å²) in [6, 6.07) is 11.4. The maximum absolute atomic E-state index is 13.1. The number of nitrogens with zero attached hydrogens (tertiary/aromatic N) is 1. The van der Waals surface area contributed by atoms with E-state index < -0.39 is 26.1 Å². The highest BCUT2D eigenvalue weighted by atomic mass is 28.4. The van der Waals surface area contributed by atoms with Crippen molar-refractivity contribution in [2.75, 3.05) is 11.4 Å². The Kier molecular flexibility index (Phi) is 6.35. The standard InChI is InChI=1S/C25H36N2O4Si/c1-24(2,3)30-23(29)26-20-14-15-27(22(20)28)21-11-9-10-17-12-13-18(16-19(17)21)31-32(7,8)25(4,5)6/h9-13,16,20H,14-15H2,1-8H3,(H,26,29)/t20-/m1/s1. The quantitative estimate of drug-likeness (QED) is 0.586. The highest BCUT2D eigenvalue weighted by Crippen LogP contribution is 2.39. The van der Waals surface area contributed by atoms with Gasteiger partial charge in [-0.2, -0.15) is 0 Å². The van der Waals surface area contributed by atoms with Crippen LogP contribution in [-0.4, -0.2) is 38.5 Å². The first-order chi connectivity index (χ1) is 14.7. The van der Waals surface area contributed by atoms with Crippen LogP contribution < -0.4 is 14.6 Å². The molecule has 0 saturated carbocycles. The van der Waals surface area contributed by atoms with Crippen LogP contribution in [0, 0.1) is 0 Å². The highest BCUT2D eigenvalue weighted by Gasteiger charge is 2.39. The number of hydrogen-bond acceptors (Lipinski definition) is 4. The van der Waals surface area contributed by atoms with Crippen molar-refractivity contribution >= 4 is 36.8 Å². The Morgan fingerprint density at radius 2 is 1.78 bits per heavy atom. The molecule has 0 unspecified atom stereocenters. The van der Waals surface area contributed by atoms with Crippen LogP contribution in [0.3, 0.4) is 0 Å². The minimum absolute atomic E-state index is 0.0902. The van der Waals surface area contributed by atoms with Crippen molar-refractivity contribution in [2.24, 2.45) is 0 Å². The summed E-state index contributed by atoms with van der Waals surface area (Å²) < 4.78 is 11.8. The fraction of sp³-hybridized carbons (Fsp3) is 0.520. The molecule has 6 nitrogen and oxygen atoms in total. The van der Waals surface area contributed by atoms with Crippen molar-refractivity contribution in [3.8, 4) is 5.75 Å². The molecule has 0 radical (unpaired) electrons. The van der Waals surface area contributed by atoms with E-state index in [0.717, 1.165) is 22.2 Å². The van der Waals surface area contributed by atoms with Gasteiger partial charge in [-0.25, -0.2) is 4.79 Å². The van der Waals surface area contributed by atoms with E-state index in [-0.39, 0.29) is 10.9 Å². The number of hydrogen-bond donors (Lipinski definition) is 1. The number of anilines is 1. The molecule has 1 aliphatic rings. The lowest BCUT2D eigenvalue weighted by molar-refractivity contribution is -0.118. The van der Waals surface area contributed by atoms with Gasteiger partial charge in [-0.15, -0.1) is 0 Å². The average molecular weight is 457 g/mol. The lowest BCUT2D eigenvalue weighted by Gasteiger charge is -2.36. The van der Waals surface area contributed by atoms with Gasteiger partial charge in [0.05, 0.1) is 5.69 Å². The molecule has 1 atom stereocenters. The molecule has 1 heterocycles. The lowest BCUT2D eigenvalue weighted by Crippen LogP contribution is -2.44. The molecule has 1 fully saturated rings. The number of rotatable bonds is 4. The van der Waals surface area contributed by atoms with Crippen LogP contribution in [-0.2, 0) is 9.53 Å². The predicted octanol–water partition coefficient (Wildman–Crippen LogP) is 5.85. The van der Waals surface area contributed by atoms with Gasteiger partial charge in [0.25, 0.3) is 0 Å². The number of fused-ring (bicyclic) bond motifs is 1. The molecule has 2 aromatic carbocycles. The first-order valence-electron chi connectivity index (χ1n) is 11.2. The summed E-state index contributed by atoms with van der Waals surface area (Å²) in [6.07, 6.45) is -0.0325. The third kappa shape index (κ3) is 5.26. The third-order valence-corrected chi connectivity index (χ3v) is 10.6. The molecule has 3 rings (SSSR count). The van der Waals surface area contributed by atoms with Gasteiger partial charge in [0.15, 0.2) is 0 Å². The monoisotopic (exact) mass is 456 g/mol. The molecule has 0 aromatic heterocycles. The fourth-order valence-electron chi connectivity index (χ4n) is 3.48. The minimum atomic E-state index is -1.99. The van der Waals surface area contributed by atoms with Gasteiger partial charge in [0.1, 0.15) is 17.4 Å². The van der Waals surface area contributed by atoms with Crippen LogP contribution in [0.25, 0.3) is 10.8 Å². The van der Waals surface area contributed by atoms with Gasteiger partial charge >= 0.3 is 6.09 Å². The van der Waals surface area contributed by atoms with Crippen molar-refractivity contribution in [3.05, 3.63) is 36.4 Å². The fourth-order valence-corrected chi connectivity index (χ4v) is 4.51. The molecule has 174 valence electrons. The maximum atomic E-state index is 13.1. The van der Waals surface area contributed by atoms with E-state index in [2.05, 4.69) is 39.2 Å². The Morgan fingerprint density at radius 1 is 1.09 bits per heavy atom. The summed E-state index contributed by atoms with van der Waals surface area (Å²) in [5, 5.41) is 4.82. The number of carbonyl (C=O) groups excluding carboxylic acids is 2. The van der Waals surface area contributed by atoms with Crippen LogP contribution in [0.15, 0.2) is 36.4 Å². The first-order valence-corrected chi connectivity index (χ1v) is 14.1. The minimum Gasteiger partial charge on any atom is -0.543 e. The normalized spacial score (nSPS) is 17.6. The zero-order valence-electron chi connectivity index (χ0n) is 20.5. The molecule has 0 aliphatic carbocycles. The number of amides is 2. The van der Waals surface area contributed by atoms with Gasteiger partial charge in [0, 0.05) is 11.9 Å². The van der Waals surface area contributed by atoms with Gasteiger partial charge in [0.2, 0.25) is 14.2 Å². The van der Waals surface area contributed by atoms with Crippen molar-refractivity contribution < 1.29 is 18.8 Å². The van der Waals surface area contributed by atoms with Gasteiger partial charge < -0.3 is 19.4 Å². The van der Waals surface area contributed by atoms with Crippen molar-refractivity contribution in [1.82, 2.24) is 5.32 Å². The van der Waals surface area contributed by atoms with E-state index in [1.54, 1.807) is 25.7 Å². The molecule has 7 heteroatoms. The molecule has 1 N–H and O–H groups in total. The summed E-state index contributed by atoms with van der Waals surface area (Å²) in [6.45, 7) is 17.0. The molecule has 0 bridgehead atoms. The van der Waals surface area contributed by atoms with E-state index in [9.17, 15) is 9.59 Å². The molecular weight excluding hydrogens is 420 g/mol. The summed E-state index contributed by atoms with van der Waals surface area (Å²) in [7, 11) is -1.99.